The van der Waals surface area contributed by atoms with Crippen molar-refractivity contribution in [2.75, 3.05) is 11.9 Å². The van der Waals surface area contributed by atoms with E-state index in [4.69, 9.17) is 0 Å². The van der Waals surface area contributed by atoms with Crippen molar-refractivity contribution >= 4 is 16.6 Å². The second kappa shape index (κ2) is 5.34. The van der Waals surface area contributed by atoms with Crippen LogP contribution in [0.5, 0.6) is 0 Å². The van der Waals surface area contributed by atoms with Gasteiger partial charge in [0.25, 0.3) is 0 Å². The van der Waals surface area contributed by atoms with Crippen molar-refractivity contribution in [2.24, 2.45) is 0 Å². The Hall–Kier alpha value is -1.64. The molecule has 0 aliphatic carbocycles. The summed E-state index contributed by atoms with van der Waals surface area (Å²) in [6.45, 7) is 6.82. The van der Waals surface area contributed by atoms with Gasteiger partial charge >= 0.3 is 0 Å². The van der Waals surface area contributed by atoms with E-state index in [1.165, 1.54) is 6.07 Å². The number of hydrogen-bond acceptors (Lipinski definition) is 2. The standard InChI is InChI=1S/C15H19FN2/c1-4-6-11-9-14(17-5-2)12-7-8-13(16)10(3)15(12)18-11/h7-9H,4-6H2,1-3H3,(H,17,18). The molecular formula is C15H19FN2. The van der Waals surface area contributed by atoms with Gasteiger partial charge in [-0.15, -0.1) is 0 Å². The summed E-state index contributed by atoms with van der Waals surface area (Å²) in [7, 11) is 0. The number of nitrogens with one attached hydrogen (secondary N) is 1. The lowest BCUT2D eigenvalue weighted by molar-refractivity contribution is 0.620. The first-order valence-corrected chi connectivity index (χ1v) is 6.50. The number of aromatic nitrogens is 1. The van der Waals surface area contributed by atoms with Gasteiger partial charge in [-0.2, -0.15) is 0 Å². The molecule has 0 amide bonds. The van der Waals surface area contributed by atoms with Crippen LogP contribution in [-0.2, 0) is 6.42 Å². The second-order valence-corrected chi connectivity index (χ2v) is 4.51. The molecule has 0 aliphatic heterocycles. The number of hydrogen-bond donors (Lipinski definition) is 1. The maximum absolute atomic E-state index is 13.6. The van der Waals surface area contributed by atoms with Crippen LogP contribution in [0.2, 0.25) is 0 Å². The second-order valence-electron chi connectivity index (χ2n) is 4.51. The molecule has 0 unspecified atom stereocenters. The molecule has 3 heteroatoms. The third-order valence-electron chi connectivity index (χ3n) is 3.09. The smallest absolute Gasteiger partial charge is 0.128 e. The fourth-order valence-corrected chi connectivity index (χ4v) is 2.18. The molecule has 0 saturated carbocycles. The number of halogens is 1. The molecule has 1 aromatic heterocycles. The van der Waals surface area contributed by atoms with E-state index in [9.17, 15) is 4.39 Å². The molecule has 18 heavy (non-hydrogen) atoms. The maximum atomic E-state index is 13.6. The summed E-state index contributed by atoms with van der Waals surface area (Å²) in [5, 5.41) is 4.33. The molecule has 0 bridgehead atoms. The Kier molecular flexibility index (Phi) is 3.80. The normalized spacial score (nSPS) is 10.9. The lowest BCUT2D eigenvalue weighted by Crippen LogP contribution is -2.02. The summed E-state index contributed by atoms with van der Waals surface area (Å²) in [6, 6.07) is 5.39. The monoisotopic (exact) mass is 246 g/mol. The van der Waals surface area contributed by atoms with Crippen LogP contribution in [0.4, 0.5) is 10.1 Å². The molecule has 0 atom stereocenters. The van der Waals surface area contributed by atoms with Crippen LogP contribution >= 0.6 is 0 Å². The lowest BCUT2D eigenvalue weighted by atomic mass is 10.1. The van der Waals surface area contributed by atoms with E-state index in [0.717, 1.165) is 41.7 Å². The number of nitrogens with zero attached hydrogens (tertiary/aromatic N) is 1. The van der Waals surface area contributed by atoms with E-state index in [1.54, 1.807) is 13.0 Å². The average Bonchev–Trinajstić information content (AvgIpc) is 2.35. The van der Waals surface area contributed by atoms with Crippen LogP contribution in [0.25, 0.3) is 10.9 Å². The van der Waals surface area contributed by atoms with Gasteiger partial charge in [-0.1, -0.05) is 13.3 Å². The number of pyridine rings is 1. The fraction of sp³-hybridized carbons (Fsp3) is 0.400. The molecule has 1 N–H and O–H groups in total. The Morgan fingerprint density at radius 3 is 2.72 bits per heavy atom. The van der Waals surface area contributed by atoms with Crippen molar-refractivity contribution in [3.05, 3.63) is 35.3 Å². The Morgan fingerprint density at radius 1 is 1.28 bits per heavy atom. The third kappa shape index (κ3) is 2.30. The summed E-state index contributed by atoms with van der Waals surface area (Å²) in [5.41, 5.74) is 3.48. The van der Waals surface area contributed by atoms with E-state index in [1.807, 2.05) is 0 Å². The van der Waals surface area contributed by atoms with Crippen molar-refractivity contribution in [1.82, 2.24) is 4.98 Å². The highest BCUT2D eigenvalue weighted by Crippen LogP contribution is 2.27. The van der Waals surface area contributed by atoms with E-state index in [-0.39, 0.29) is 5.82 Å². The van der Waals surface area contributed by atoms with Crippen LogP contribution in [0.15, 0.2) is 18.2 Å². The van der Waals surface area contributed by atoms with Gasteiger partial charge in [-0.3, -0.25) is 4.98 Å². The summed E-state index contributed by atoms with van der Waals surface area (Å²) in [6.07, 6.45) is 1.96. The van der Waals surface area contributed by atoms with E-state index in [0.29, 0.717) is 5.56 Å². The van der Waals surface area contributed by atoms with Crippen molar-refractivity contribution in [3.8, 4) is 0 Å². The number of fused-ring (bicyclic) bond motifs is 1. The molecule has 2 rings (SSSR count). The molecule has 0 spiro atoms. The Morgan fingerprint density at radius 2 is 2.06 bits per heavy atom. The summed E-state index contributed by atoms with van der Waals surface area (Å²) >= 11 is 0. The SMILES string of the molecule is CCCc1cc(NCC)c2ccc(F)c(C)c2n1. The summed E-state index contributed by atoms with van der Waals surface area (Å²) in [4.78, 5) is 4.59. The van der Waals surface area contributed by atoms with Gasteiger partial charge in [0.15, 0.2) is 0 Å². The first-order chi connectivity index (χ1) is 8.67. The number of anilines is 1. The van der Waals surface area contributed by atoms with Crippen molar-refractivity contribution in [1.29, 1.82) is 0 Å². The Labute approximate surface area is 107 Å². The highest BCUT2D eigenvalue weighted by atomic mass is 19.1. The molecule has 1 aromatic carbocycles. The summed E-state index contributed by atoms with van der Waals surface area (Å²) in [5.74, 6) is -0.189. The maximum Gasteiger partial charge on any atom is 0.128 e. The fourth-order valence-electron chi connectivity index (χ4n) is 2.18. The van der Waals surface area contributed by atoms with Gasteiger partial charge in [0.05, 0.1) is 5.52 Å². The predicted molar refractivity (Wildman–Crippen MR) is 74.6 cm³/mol. The zero-order chi connectivity index (χ0) is 13.1. The Balaban J connectivity index is 2.68. The minimum Gasteiger partial charge on any atom is -0.385 e. The zero-order valence-electron chi connectivity index (χ0n) is 11.2. The van der Waals surface area contributed by atoms with E-state index in [2.05, 4.69) is 30.2 Å². The lowest BCUT2D eigenvalue weighted by Gasteiger charge is -2.12. The number of aryl methyl sites for hydroxylation is 2. The minimum atomic E-state index is -0.189. The molecule has 0 fully saturated rings. The number of rotatable bonds is 4. The largest absolute Gasteiger partial charge is 0.385 e. The van der Waals surface area contributed by atoms with Gasteiger partial charge in [-0.25, -0.2) is 4.39 Å². The molecule has 2 nitrogen and oxygen atoms in total. The first-order valence-electron chi connectivity index (χ1n) is 6.50. The number of benzene rings is 1. The summed E-state index contributed by atoms with van der Waals surface area (Å²) < 4.78 is 13.6. The highest BCUT2D eigenvalue weighted by molar-refractivity contribution is 5.93. The molecule has 0 aliphatic rings. The van der Waals surface area contributed by atoms with Crippen LogP contribution < -0.4 is 5.32 Å². The van der Waals surface area contributed by atoms with Crippen molar-refractivity contribution < 1.29 is 4.39 Å². The zero-order valence-corrected chi connectivity index (χ0v) is 11.2. The van der Waals surface area contributed by atoms with Gasteiger partial charge in [0, 0.05) is 28.9 Å². The molecule has 0 saturated heterocycles. The van der Waals surface area contributed by atoms with Crippen LogP contribution in [0.1, 0.15) is 31.5 Å². The molecular weight excluding hydrogens is 227 g/mol. The minimum absolute atomic E-state index is 0.189. The molecule has 96 valence electrons. The van der Waals surface area contributed by atoms with Gasteiger partial charge in [0.2, 0.25) is 0 Å². The topological polar surface area (TPSA) is 24.9 Å². The van der Waals surface area contributed by atoms with Gasteiger partial charge < -0.3 is 5.32 Å². The van der Waals surface area contributed by atoms with Crippen LogP contribution in [0.3, 0.4) is 0 Å². The average molecular weight is 246 g/mol. The molecule has 1 heterocycles. The Bertz CT molecular complexity index is 564. The quantitative estimate of drug-likeness (QED) is 0.879. The van der Waals surface area contributed by atoms with Crippen molar-refractivity contribution in [3.63, 3.8) is 0 Å². The van der Waals surface area contributed by atoms with Crippen LogP contribution in [0, 0.1) is 12.7 Å². The van der Waals surface area contributed by atoms with Crippen LogP contribution in [-0.4, -0.2) is 11.5 Å². The molecule has 0 radical (unpaired) electrons. The van der Waals surface area contributed by atoms with Gasteiger partial charge in [0.1, 0.15) is 5.82 Å². The van der Waals surface area contributed by atoms with E-state index < -0.39 is 0 Å². The third-order valence-corrected chi connectivity index (χ3v) is 3.09. The highest BCUT2D eigenvalue weighted by Gasteiger charge is 2.10. The first kappa shape index (κ1) is 12.8. The predicted octanol–water partition coefficient (Wildman–Crippen LogP) is 4.07. The van der Waals surface area contributed by atoms with Gasteiger partial charge in [-0.05, 0) is 38.5 Å². The molecule has 2 aromatic rings. The van der Waals surface area contributed by atoms with Crippen molar-refractivity contribution in [2.45, 2.75) is 33.6 Å². The van der Waals surface area contributed by atoms with E-state index >= 15 is 0 Å².